The maximum absolute atomic E-state index is 13.4. The lowest BCUT2D eigenvalue weighted by molar-refractivity contribution is -0.384. The van der Waals surface area contributed by atoms with Crippen LogP contribution in [0.2, 0.25) is 0 Å². The molecule has 1 unspecified atom stereocenters. The number of carbonyl (C=O) groups excluding carboxylic acids is 2. The second-order valence-electron chi connectivity index (χ2n) is 9.24. The molecule has 0 spiro atoms. The van der Waals surface area contributed by atoms with Gasteiger partial charge in [0.2, 0.25) is 0 Å². The van der Waals surface area contributed by atoms with Gasteiger partial charge in [-0.25, -0.2) is 9.59 Å². The number of aromatic nitrogens is 1. The van der Waals surface area contributed by atoms with E-state index < -0.39 is 22.8 Å². The number of nitro benzene ring substituents is 1. The lowest BCUT2D eigenvalue weighted by atomic mass is 9.80. The van der Waals surface area contributed by atoms with Gasteiger partial charge in [0, 0.05) is 46.2 Å². The molecule has 4 aromatic rings. The van der Waals surface area contributed by atoms with Gasteiger partial charge in [0.25, 0.3) is 5.69 Å². The maximum atomic E-state index is 13.4. The zero-order valence-corrected chi connectivity index (χ0v) is 22.5. The number of para-hydroxylation sites is 1. The first-order valence-corrected chi connectivity index (χ1v) is 12.6. The first-order chi connectivity index (χ1) is 19.8. The lowest BCUT2D eigenvalue weighted by Crippen LogP contribution is -2.40. The number of hydrogen-bond donors (Lipinski definition) is 1. The number of nitro groups is 1. The normalized spacial score (nSPS) is 15.3. The van der Waals surface area contributed by atoms with Crippen molar-refractivity contribution in [2.45, 2.75) is 19.4 Å². The van der Waals surface area contributed by atoms with E-state index in [9.17, 15) is 25.0 Å². The van der Waals surface area contributed by atoms with Crippen molar-refractivity contribution in [1.29, 1.82) is 5.26 Å². The summed E-state index contributed by atoms with van der Waals surface area (Å²) in [5, 5.41) is 23.7. The number of hydrogen-bond acceptors (Lipinski definition) is 9. The fourth-order valence-electron chi connectivity index (χ4n) is 5.48. The molecule has 5 rings (SSSR count). The van der Waals surface area contributed by atoms with Crippen molar-refractivity contribution in [3.05, 3.63) is 105 Å². The van der Waals surface area contributed by atoms with E-state index in [1.54, 1.807) is 6.07 Å². The van der Waals surface area contributed by atoms with Crippen LogP contribution in [0.1, 0.15) is 18.4 Å². The average Bonchev–Trinajstić information content (AvgIpc) is 3.32. The molecule has 1 aliphatic heterocycles. The smallest absolute Gasteiger partial charge is 0.355 e. The van der Waals surface area contributed by atoms with Gasteiger partial charge < -0.3 is 19.8 Å². The Labute approximate surface area is 234 Å². The van der Waals surface area contributed by atoms with Crippen LogP contribution in [0.25, 0.3) is 21.8 Å². The Balaban J connectivity index is 1.84. The van der Waals surface area contributed by atoms with E-state index in [-0.39, 0.29) is 33.9 Å². The van der Waals surface area contributed by atoms with Crippen LogP contribution in [0.15, 0.2) is 89.4 Å². The molecule has 3 aromatic carbocycles. The Kier molecular flexibility index (Phi) is 6.90. The van der Waals surface area contributed by atoms with E-state index in [4.69, 9.17) is 15.2 Å². The number of methoxy groups -OCH3 is 2. The summed E-state index contributed by atoms with van der Waals surface area (Å²) in [6.07, 6.45) is 0. The number of anilines is 1. The molecule has 206 valence electrons. The minimum absolute atomic E-state index is 0.0883. The molecule has 2 heterocycles. The molecule has 2 N–H and O–H groups in total. The third-order valence-corrected chi connectivity index (χ3v) is 7.22. The van der Waals surface area contributed by atoms with Crippen LogP contribution in [0, 0.1) is 21.4 Å². The number of benzene rings is 3. The first-order valence-electron chi connectivity index (χ1n) is 12.6. The summed E-state index contributed by atoms with van der Waals surface area (Å²) in [6, 6.07) is 20.8. The molecule has 0 fully saturated rings. The molecule has 41 heavy (non-hydrogen) atoms. The van der Waals surface area contributed by atoms with Crippen molar-refractivity contribution >= 4 is 45.1 Å². The molecule has 0 amide bonds. The van der Waals surface area contributed by atoms with Crippen LogP contribution in [-0.2, 0) is 25.6 Å². The highest BCUT2D eigenvalue weighted by Crippen LogP contribution is 2.44. The standard InChI is InChI=1S/C30H25N5O6/c1-4-33-23-11-6-5-10-20(23)21-15-18(12-13-24(21)33)34-27(30(37)41-3)26(29(36)40-2)25(22(16-31)28(34)32)17-8-7-9-19(14-17)35(38)39/h5-15,25H,4,32H2,1-3H3. The van der Waals surface area contributed by atoms with Crippen LogP contribution in [0.5, 0.6) is 0 Å². The highest BCUT2D eigenvalue weighted by Gasteiger charge is 2.43. The number of non-ortho nitro benzene ring substituents is 1. The summed E-state index contributed by atoms with van der Waals surface area (Å²) in [7, 11) is 2.29. The van der Waals surface area contributed by atoms with Gasteiger partial charge in [-0.2, -0.15) is 5.26 Å². The van der Waals surface area contributed by atoms with Gasteiger partial charge in [-0.3, -0.25) is 15.0 Å². The van der Waals surface area contributed by atoms with E-state index in [1.165, 1.54) is 29.2 Å². The van der Waals surface area contributed by atoms with Gasteiger partial charge >= 0.3 is 11.9 Å². The van der Waals surface area contributed by atoms with Crippen molar-refractivity contribution in [2.24, 2.45) is 5.73 Å². The molecule has 1 atom stereocenters. The third-order valence-electron chi connectivity index (χ3n) is 7.22. The molecule has 0 radical (unpaired) electrons. The fourth-order valence-corrected chi connectivity index (χ4v) is 5.48. The molecule has 0 bridgehead atoms. The molecule has 1 aromatic heterocycles. The molecule has 0 aliphatic carbocycles. The highest BCUT2D eigenvalue weighted by molar-refractivity contribution is 6.11. The number of esters is 2. The van der Waals surface area contributed by atoms with Crippen molar-refractivity contribution in [3.8, 4) is 6.07 Å². The zero-order valence-electron chi connectivity index (χ0n) is 22.5. The van der Waals surface area contributed by atoms with Crippen LogP contribution in [0.4, 0.5) is 11.4 Å². The Morgan fingerprint density at radius 1 is 1.00 bits per heavy atom. The van der Waals surface area contributed by atoms with Crippen LogP contribution in [-0.4, -0.2) is 35.6 Å². The third kappa shape index (κ3) is 4.22. The van der Waals surface area contributed by atoms with Crippen molar-refractivity contribution in [2.75, 3.05) is 19.1 Å². The van der Waals surface area contributed by atoms with Crippen molar-refractivity contribution in [1.82, 2.24) is 4.57 Å². The van der Waals surface area contributed by atoms with Crippen molar-refractivity contribution < 1.29 is 24.0 Å². The van der Waals surface area contributed by atoms with Gasteiger partial charge in [0.1, 0.15) is 11.5 Å². The molecule has 0 saturated carbocycles. The van der Waals surface area contributed by atoms with Crippen LogP contribution in [0.3, 0.4) is 0 Å². The molecule has 1 aliphatic rings. The predicted octanol–water partition coefficient (Wildman–Crippen LogP) is 4.62. The Hall–Kier alpha value is -5.63. The number of nitriles is 1. The van der Waals surface area contributed by atoms with E-state index >= 15 is 0 Å². The number of aryl methyl sites for hydroxylation is 1. The summed E-state index contributed by atoms with van der Waals surface area (Å²) in [5.41, 5.74) is 8.35. The van der Waals surface area contributed by atoms with Gasteiger partial charge in [-0.05, 0) is 36.8 Å². The van der Waals surface area contributed by atoms with Crippen LogP contribution >= 0.6 is 0 Å². The Morgan fingerprint density at radius 2 is 1.71 bits per heavy atom. The quantitative estimate of drug-likeness (QED) is 0.205. The number of carbonyl (C=O) groups is 2. The summed E-state index contributed by atoms with van der Waals surface area (Å²) < 4.78 is 12.3. The minimum Gasteiger partial charge on any atom is -0.466 e. The Morgan fingerprint density at radius 3 is 2.37 bits per heavy atom. The van der Waals surface area contributed by atoms with Gasteiger partial charge in [-0.1, -0.05) is 30.3 Å². The van der Waals surface area contributed by atoms with Crippen LogP contribution < -0.4 is 10.6 Å². The highest BCUT2D eigenvalue weighted by atomic mass is 16.6. The second kappa shape index (κ2) is 10.5. The van der Waals surface area contributed by atoms with E-state index in [0.717, 1.165) is 42.6 Å². The van der Waals surface area contributed by atoms with Gasteiger partial charge in [0.15, 0.2) is 0 Å². The van der Waals surface area contributed by atoms with E-state index in [1.807, 2.05) is 43.3 Å². The first kappa shape index (κ1) is 27.0. The van der Waals surface area contributed by atoms with E-state index in [0.29, 0.717) is 5.69 Å². The summed E-state index contributed by atoms with van der Waals surface area (Å²) in [6.45, 7) is 2.76. The Bertz CT molecular complexity index is 1860. The minimum atomic E-state index is -1.23. The zero-order chi connectivity index (χ0) is 29.4. The maximum Gasteiger partial charge on any atom is 0.355 e. The molecular formula is C30H25N5O6. The van der Waals surface area contributed by atoms with Crippen molar-refractivity contribution in [3.63, 3.8) is 0 Å². The summed E-state index contributed by atoms with van der Waals surface area (Å²) in [5.74, 6) is -3.19. The average molecular weight is 552 g/mol. The molecule has 11 nitrogen and oxygen atoms in total. The molecule has 11 heteroatoms. The number of nitrogens with two attached hydrogens (primary N) is 1. The largest absolute Gasteiger partial charge is 0.466 e. The number of rotatable bonds is 6. The summed E-state index contributed by atoms with van der Waals surface area (Å²) in [4.78, 5) is 39.0. The lowest BCUT2D eigenvalue weighted by Gasteiger charge is -2.35. The van der Waals surface area contributed by atoms with Gasteiger partial charge in [0.05, 0.1) is 42.3 Å². The number of fused-ring (bicyclic) bond motifs is 3. The number of ether oxygens (including phenoxy) is 2. The topological polar surface area (TPSA) is 154 Å². The second-order valence-corrected chi connectivity index (χ2v) is 9.24. The SMILES string of the molecule is CCn1c2ccccc2c2cc(N3C(N)=C(C#N)C(c4cccc([N+](=O)[O-])c4)C(C(=O)OC)=C3C(=O)OC)ccc21. The number of allylic oxidation sites excluding steroid dienone is 1. The predicted molar refractivity (Wildman–Crippen MR) is 151 cm³/mol. The van der Waals surface area contributed by atoms with Gasteiger partial charge in [-0.15, -0.1) is 0 Å². The monoisotopic (exact) mass is 551 g/mol. The fraction of sp³-hybridized carbons (Fsp3) is 0.167. The summed E-state index contributed by atoms with van der Waals surface area (Å²) >= 11 is 0. The van der Waals surface area contributed by atoms with E-state index in [2.05, 4.69) is 10.6 Å². The number of nitrogens with zero attached hydrogens (tertiary/aromatic N) is 4. The molecule has 0 saturated heterocycles. The molecular weight excluding hydrogens is 526 g/mol.